The predicted molar refractivity (Wildman–Crippen MR) is 102 cm³/mol. The minimum absolute atomic E-state index is 0.0794. The van der Waals surface area contributed by atoms with Crippen LogP contribution in [0.3, 0.4) is 0 Å². The van der Waals surface area contributed by atoms with Crippen molar-refractivity contribution in [3.63, 3.8) is 0 Å². The standard InChI is InChI=1S/C19H17FN4O3S/c1-27-17(25)12-28-19-23-22-16(24(19)15-8-3-2-4-9-15)11-21-18(26)13-6-5-7-14(20)10-13/h2-10H,11-12H2,1H3,(H,21,26). The van der Waals surface area contributed by atoms with Crippen LogP contribution in [-0.4, -0.2) is 39.5 Å². The summed E-state index contributed by atoms with van der Waals surface area (Å²) in [7, 11) is 1.32. The van der Waals surface area contributed by atoms with Gasteiger partial charge in [0.15, 0.2) is 11.0 Å². The van der Waals surface area contributed by atoms with Crippen LogP contribution in [0.2, 0.25) is 0 Å². The SMILES string of the molecule is COC(=O)CSc1nnc(CNC(=O)c2cccc(F)c2)n1-c1ccccc1. The number of methoxy groups -OCH3 is 1. The second kappa shape index (κ2) is 9.14. The van der Waals surface area contributed by atoms with Crippen LogP contribution in [0.25, 0.3) is 5.69 Å². The smallest absolute Gasteiger partial charge is 0.316 e. The first-order valence-electron chi connectivity index (χ1n) is 8.31. The average Bonchev–Trinajstić information content (AvgIpc) is 3.13. The first kappa shape index (κ1) is 19.6. The molecule has 0 aliphatic carbocycles. The second-order valence-electron chi connectivity index (χ2n) is 5.63. The fourth-order valence-electron chi connectivity index (χ4n) is 2.42. The van der Waals surface area contributed by atoms with Gasteiger partial charge in [-0.3, -0.25) is 14.2 Å². The summed E-state index contributed by atoms with van der Waals surface area (Å²) in [5, 5.41) is 11.5. The highest BCUT2D eigenvalue weighted by Gasteiger charge is 2.17. The van der Waals surface area contributed by atoms with Crippen LogP contribution in [0.15, 0.2) is 59.8 Å². The lowest BCUT2D eigenvalue weighted by Gasteiger charge is -2.11. The van der Waals surface area contributed by atoms with Crippen molar-refractivity contribution >= 4 is 23.6 Å². The number of hydrogen-bond acceptors (Lipinski definition) is 6. The molecule has 0 saturated carbocycles. The highest BCUT2D eigenvalue weighted by atomic mass is 32.2. The lowest BCUT2D eigenvalue weighted by molar-refractivity contribution is -0.137. The van der Waals surface area contributed by atoms with E-state index in [0.717, 1.165) is 11.8 Å². The molecule has 3 rings (SSSR count). The number of nitrogens with one attached hydrogen (secondary N) is 1. The van der Waals surface area contributed by atoms with Crippen LogP contribution >= 0.6 is 11.8 Å². The van der Waals surface area contributed by atoms with Gasteiger partial charge in [0.1, 0.15) is 5.82 Å². The molecular formula is C19H17FN4O3S. The molecule has 0 atom stereocenters. The predicted octanol–water partition coefficient (Wildman–Crippen LogP) is 2.60. The molecule has 1 N–H and O–H groups in total. The maximum Gasteiger partial charge on any atom is 0.316 e. The molecule has 0 aliphatic rings. The quantitative estimate of drug-likeness (QED) is 0.485. The van der Waals surface area contributed by atoms with Gasteiger partial charge in [0, 0.05) is 11.3 Å². The van der Waals surface area contributed by atoms with E-state index in [1.807, 2.05) is 30.3 Å². The average molecular weight is 400 g/mol. The number of aromatic nitrogens is 3. The van der Waals surface area contributed by atoms with Crippen molar-refractivity contribution < 1.29 is 18.7 Å². The van der Waals surface area contributed by atoms with Gasteiger partial charge in [0.2, 0.25) is 0 Å². The van der Waals surface area contributed by atoms with Gasteiger partial charge in [-0.25, -0.2) is 4.39 Å². The van der Waals surface area contributed by atoms with E-state index in [1.165, 1.54) is 37.1 Å². The Morgan fingerprint density at radius 2 is 1.93 bits per heavy atom. The first-order chi connectivity index (χ1) is 13.6. The summed E-state index contributed by atoms with van der Waals surface area (Å²) in [5.74, 6) is -0.735. The third-order valence-corrected chi connectivity index (χ3v) is 4.66. The maximum atomic E-state index is 13.3. The summed E-state index contributed by atoms with van der Waals surface area (Å²) in [5.41, 5.74) is 1.00. The number of amides is 1. The fraction of sp³-hybridized carbons (Fsp3) is 0.158. The number of halogens is 1. The summed E-state index contributed by atoms with van der Waals surface area (Å²) in [6.07, 6.45) is 0. The number of para-hydroxylation sites is 1. The first-order valence-corrected chi connectivity index (χ1v) is 9.30. The van der Waals surface area contributed by atoms with Crippen LogP contribution in [0.1, 0.15) is 16.2 Å². The number of nitrogens with zero attached hydrogens (tertiary/aromatic N) is 3. The molecule has 0 fully saturated rings. The molecule has 0 spiro atoms. The summed E-state index contributed by atoms with van der Waals surface area (Å²) < 4.78 is 19.7. The fourth-order valence-corrected chi connectivity index (χ4v) is 3.22. The Labute approximate surface area is 164 Å². The van der Waals surface area contributed by atoms with Gasteiger partial charge in [-0.05, 0) is 30.3 Å². The molecule has 7 nitrogen and oxygen atoms in total. The number of benzene rings is 2. The van der Waals surface area contributed by atoms with Crippen LogP contribution in [0.4, 0.5) is 4.39 Å². The van der Waals surface area contributed by atoms with Crippen molar-refractivity contribution in [1.29, 1.82) is 0 Å². The number of esters is 1. The Hall–Kier alpha value is -3.20. The lowest BCUT2D eigenvalue weighted by Crippen LogP contribution is -2.24. The van der Waals surface area contributed by atoms with E-state index in [-0.39, 0.29) is 23.8 Å². The monoisotopic (exact) mass is 400 g/mol. The molecule has 0 saturated heterocycles. The maximum absolute atomic E-state index is 13.3. The normalized spacial score (nSPS) is 10.5. The molecular weight excluding hydrogens is 383 g/mol. The van der Waals surface area contributed by atoms with Crippen molar-refractivity contribution in [2.24, 2.45) is 0 Å². The Balaban J connectivity index is 1.81. The number of ether oxygens (including phenoxy) is 1. The number of carbonyl (C=O) groups excluding carboxylic acids is 2. The van der Waals surface area contributed by atoms with Gasteiger partial charge in [-0.1, -0.05) is 36.0 Å². The van der Waals surface area contributed by atoms with Gasteiger partial charge in [0.05, 0.1) is 19.4 Å². The molecule has 9 heteroatoms. The Morgan fingerprint density at radius 1 is 1.14 bits per heavy atom. The van der Waals surface area contributed by atoms with Crippen LogP contribution in [-0.2, 0) is 16.1 Å². The number of thioether (sulfide) groups is 1. The highest BCUT2D eigenvalue weighted by molar-refractivity contribution is 7.99. The summed E-state index contributed by atoms with van der Waals surface area (Å²) in [6.45, 7) is 0.0794. The second-order valence-corrected chi connectivity index (χ2v) is 6.57. The van der Waals surface area contributed by atoms with Crippen molar-refractivity contribution in [2.75, 3.05) is 12.9 Å². The molecule has 2 aromatic carbocycles. The van der Waals surface area contributed by atoms with E-state index in [1.54, 1.807) is 4.57 Å². The van der Waals surface area contributed by atoms with Crippen molar-refractivity contribution in [3.8, 4) is 5.69 Å². The van der Waals surface area contributed by atoms with Crippen LogP contribution in [0, 0.1) is 5.82 Å². The van der Waals surface area contributed by atoms with Crippen molar-refractivity contribution in [2.45, 2.75) is 11.7 Å². The molecule has 28 heavy (non-hydrogen) atoms. The third kappa shape index (κ3) is 4.74. The van der Waals surface area contributed by atoms with E-state index in [9.17, 15) is 14.0 Å². The molecule has 3 aromatic rings. The Bertz CT molecular complexity index is 978. The van der Waals surface area contributed by atoms with Crippen molar-refractivity contribution in [1.82, 2.24) is 20.1 Å². The van der Waals surface area contributed by atoms with E-state index in [2.05, 4.69) is 20.3 Å². The number of carbonyl (C=O) groups is 2. The minimum atomic E-state index is -0.485. The molecule has 144 valence electrons. The number of hydrogen-bond donors (Lipinski definition) is 1. The zero-order valence-corrected chi connectivity index (χ0v) is 15.8. The topological polar surface area (TPSA) is 86.1 Å². The van der Waals surface area contributed by atoms with Gasteiger partial charge < -0.3 is 10.1 Å². The summed E-state index contributed by atoms with van der Waals surface area (Å²) in [4.78, 5) is 23.7. The Kier molecular flexibility index (Phi) is 6.38. The van der Waals surface area contributed by atoms with E-state index >= 15 is 0 Å². The lowest BCUT2D eigenvalue weighted by atomic mass is 10.2. The third-order valence-electron chi connectivity index (χ3n) is 3.76. The molecule has 0 bridgehead atoms. The molecule has 1 heterocycles. The van der Waals surface area contributed by atoms with E-state index in [0.29, 0.717) is 11.0 Å². The van der Waals surface area contributed by atoms with Crippen LogP contribution in [0.5, 0.6) is 0 Å². The van der Waals surface area contributed by atoms with Crippen molar-refractivity contribution in [3.05, 3.63) is 71.8 Å². The molecule has 0 aliphatic heterocycles. The summed E-state index contributed by atoms with van der Waals surface area (Å²) >= 11 is 1.18. The molecule has 0 unspecified atom stereocenters. The van der Waals surface area contributed by atoms with Gasteiger partial charge >= 0.3 is 5.97 Å². The molecule has 1 amide bonds. The zero-order chi connectivity index (χ0) is 19.9. The largest absolute Gasteiger partial charge is 0.468 e. The zero-order valence-electron chi connectivity index (χ0n) is 15.0. The Morgan fingerprint density at radius 3 is 2.64 bits per heavy atom. The van der Waals surface area contributed by atoms with Gasteiger partial charge in [-0.2, -0.15) is 0 Å². The highest BCUT2D eigenvalue weighted by Crippen LogP contribution is 2.22. The van der Waals surface area contributed by atoms with Gasteiger partial charge in [-0.15, -0.1) is 10.2 Å². The summed E-state index contributed by atoms with van der Waals surface area (Å²) in [6, 6.07) is 14.8. The number of rotatable bonds is 7. The molecule has 1 aromatic heterocycles. The molecule has 0 radical (unpaired) electrons. The minimum Gasteiger partial charge on any atom is -0.468 e. The van der Waals surface area contributed by atoms with Gasteiger partial charge in [0.25, 0.3) is 5.91 Å². The van der Waals surface area contributed by atoms with Crippen LogP contribution < -0.4 is 5.32 Å². The van der Waals surface area contributed by atoms with E-state index < -0.39 is 11.7 Å². The van der Waals surface area contributed by atoms with E-state index in [4.69, 9.17) is 0 Å².